The molecule has 0 radical (unpaired) electrons. The molecule has 0 spiro atoms. The summed E-state index contributed by atoms with van der Waals surface area (Å²) in [6, 6.07) is 20.7. The van der Waals surface area contributed by atoms with Gasteiger partial charge in [0.15, 0.2) is 0 Å². The number of nitrogens with one attached hydrogen (secondary N) is 1. The van der Waals surface area contributed by atoms with Crippen molar-refractivity contribution in [2.45, 2.75) is 6.92 Å². The molecule has 28 heavy (non-hydrogen) atoms. The minimum absolute atomic E-state index is 0.00884. The lowest BCUT2D eigenvalue weighted by molar-refractivity contribution is -0.384. The Labute approximate surface area is 162 Å². The maximum atomic E-state index is 12.0. The van der Waals surface area contributed by atoms with Crippen LogP contribution in [-0.4, -0.2) is 10.8 Å². The van der Waals surface area contributed by atoms with Gasteiger partial charge >= 0.3 is 0 Å². The van der Waals surface area contributed by atoms with E-state index >= 15 is 0 Å². The van der Waals surface area contributed by atoms with Crippen LogP contribution in [0.4, 0.5) is 11.4 Å². The maximum absolute atomic E-state index is 12.0. The number of non-ortho nitro benzene ring substituents is 1. The summed E-state index contributed by atoms with van der Waals surface area (Å²) in [4.78, 5) is 22.2. The van der Waals surface area contributed by atoms with E-state index in [2.05, 4.69) is 5.32 Å². The molecule has 0 bridgehead atoms. The first-order valence-electron chi connectivity index (χ1n) is 8.58. The summed E-state index contributed by atoms with van der Waals surface area (Å²) in [6.45, 7) is 2.01. The molecule has 1 N–H and O–H groups in total. The Kier molecular flexibility index (Phi) is 5.81. The van der Waals surface area contributed by atoms with Gasteiger partial charge in [-0.1, -0.05) is 17.7 Å². The molecule has 0 fully saturated rings. The third-order valence-corrected chi connectivity index (χ3v) is 3.91. The summed E-state index contributed by atoms with van der Waals surface area (Å²) >= 11 is 0. The molecule has 0 aliphatic heterocycles. The van der Waals surface area contributed by atoms with Crippen molar-refractivity contribution in [3.05, 3.63) is 100 Å². The molecule has 0 heterocycles. The monoisotopic (exact) mass is 374 g/mol. The fourth-order valence-electron chi connectivity index (χ4n) is 2.41. The van der Waals surface area contributed by atoms with Gasteiger partial charge in [-0.25, -0.2) is 0 Å². The number of hydrogen-bond acceptors (Lipinski definition) is 4. The Bertz CT molecular complexity index is 992. The van der Waals surface area contributed by atoms with Gasteiger partial charge in [0, 0.05) is 23.9 Å². The smallest absolute Gasteiger partial charge is 0.269 e. The molecule has 3 aromatic rings. The van der Waals surface area contributed by atoms with Crippen LogP contribution in [0.3, 0.4) is 0 Å². The van der Waals surface area contributed by atoms with Crippen LogP contribution in [0.15, 0.2) is 78.9 Å². The molecule has 3 rings (SSSR count). The van der Waals surface area contributed by atoms with E-state index in [1.807, 2.05) is 31.2 Å². The normalized spacial score (nSPS) is 10.6. The first kappa shape index (κ1) is 18.8. The van der Waals surface area contributed by atoms with Crippen molar-refractivity contribution in [2.24, 2.45) is 0 Å². The van der Waals surface area contributed by atoms with E-state index in [0.29, 0.717) is 17.0 Å². The van der Waals surface area contributed by atoms with E-state index in [4.69, 9.17) is 4.74 Å². The third-order valence-electron chi connectivity index (χ3n) is 3.91. The summed E-state index contributed by atoms with van der Waals surface area (Å²) in [7, 11) is 0. The lowest BCUT2D eigenvalue weighted by Gasteiger charge is -2.07. The first-order valence-corrected chi connectivity index (χ1v) is 8.58. The van der Waals surface area contributed by atoms with Gasteiger partial charge in [0.1, 0.15) is 11.5 Å². The number of nitro groups is 1. The van der Waals surface area contributed by atoms with Crippen molar-refractivity contribution in [2.75, 3.05) is 5.32 Å². The molecule has 0 saturated carbocycles. The zero-order chi connectivity index (χ0) is 19.9. The molecular weight excluding hydrogens is 356 g/mol. The second-order valence-electron chi connectivity index (χ2n) is 6.11. The minimum Gasteiger partial charge on any atom is -0.457 e. The number of amides is 1. The minimum atomic E-state index is -0.466. The first-order chi connectivity index (χ1) is 13.5. The molecule has 0 aliphatic carbocycles. The number of benzene rings is 3. The highest BCUT2D eigenvalue weighted by Gasteiger charge is 2.03. The van der Waals surface area contributed by atoms with Crippen LogP contribution in [0.5, 0.6) is 11.5 Å². The lowest BCUT2D eigenvalue weighted by Crippen LogP contribution is -2.07. The third kappa shape index (κ3) is 5.28. The van der Waals surface area contributed by atoms with E-state index in [0.717, 1.165) is 11.3 Å². The number of anilines is 1. The van der Waals surface area contributed by atoms with Crippen LogP contribution in [0.2, 0.25) is 0 Å². The molecule has 6 nitrogen and oxygen atoms in total. The highest BCUT2D eigenvalue weighted by atomic mass is 16.6. The van der Waals surface area contributed by atoms with Gasteiger partial charge in [-0.15, -0.1) is 0 Å². The van der Waals surface area contributed by atoms with Crippen molar-refractivity contribution >= 4 is 23.4 Å². The number of carbonyl (C=O) groups excluding carboxylic acids is 1. The van der Waals surface area contributed by atoms with E-state index < -0.39 is 4.92 Å². The summed E-state index contributed by atoms with van der Waals surface area (Å²) < 4.78 is 5.75. The molecular formula is C22H18N2O4. The fourth-order valence-corrected chi connectivity index (χ4v) is 2.41. The second-order valence-corrected chi connectivity index (χ2v) is 6.11. The van der Waals surface area contributed by atoms with Gasteiger partial charge in [-0.2, -0.15) is 0 Å². The Morgan fingerprint density at radius 2 is 1.50 bits per heavy atom. The maximum Gasteiger partial charge on any atom is 0.269 e. The van der Waals surface area contributed by atoms with Gasteiger partial charge in [-0.05, 0) is 67.1 Å². The van der Waals surface area contributed by atoms with Gasteiger partial charge in [0.2, 0.25) is 5.91 Å². The number of ether oxygens (including phenoxy) is 1. The Hall–Kier alpha value is -3.93. The van der Waals surface area contributed by atoms with Gasteiger partial charge < -0.3 is 10.1 Å². The Morgan fingerprint density at radius 3 is 2.07 bits per heavy atom. The molecule has 0 aliphatic rings. The number of carbonyl (C=O) groups is 1. The number of nitrogens with zero attached hydrogens (tertiary/aromatic N) is 1. The lowest BCUT2D eigenvalue weighted by atomic mass is 10.2. The van der Waals surface area contributed by atoms with Crippen LogP contribution >= 0.6 is 0 Å². The molecule has 3 aromatic carbocycles. The topological polar surface area (TPSA) is 81.5 Å². The van der Waals surface area contributed by atoms with Gasteiger partial charge in [-0.3, -0.25) is 14.9 Å². The van der Waals surface area contributed by atoms with Crippen LogP contribution in [0.25, 0.3) is 6.08 Å². The van der Waals surface area contributed by atoms with Crippen LogP contribution in [0.1, 0.15) is 11.1 Å². The van der Waals surface area contributed by atoms with E-state index in [-0.39, 0.29) is 11.6 Å². The predicted octanol–water partition coefficient (Wildman–Crippen LogP) is 5.35. The number of rotatable bonds is 6. The molecule has 0 aromatic heterocycles. The van der Waals surface area contributed by atoms with Crippen molar-refractivity contribution < 1.29 is 14.5 Å². The molecule has 0 unspecified atom stereocenters. The summed E-state index contributed by atoms with van der Waals surface area (Å²) in [5.41, 5.74) is 2.50. The quantitative estimate of drug-likeness (QED) is 0.358. The summed E-state index contributed by atoms with van der Waals surface area (Å²) in [6.07, 6.45) is 2.96. The molecule has 6 heteroatoms. The Balaban J connectivity index is 1.56. The van der Waals surface area contributed by atoms with Crippen molar-refractivity contribution in [1.82, 2.24) is 0 Å². The standard InChI is InChI=1S/C22H18N2O4/c1-16-2-11-20(12-3-16)28-21-13-7-18(8-14-21)23-22(25)15-6-17-4-9-19(10-5-17)24(26)27/h2-15H,1H3,(H,23,25)/b15-6+. The van der Waals surface area contributed by atoms with E-state index in [9.17, 15) is 14.9 Å². The summed E-state index contributed by atoms with van der Waals surface area (Å²) in [5, 5.41) is 13.4. The zero-order valence-electron chi connectivity index (χ0n) is 15.2. The molecule has 1 amide bonds. The Morgan fingerprint density at radius 1 is 0.929 bits per heavy atom. The summed E-state index contributed by atoms with van der Waals surface area (Å²) in [5.74, 6) is 1.11. The average molecular weight is 374 g/mol. The highest BCUT2D eigenvalue weighted by molar-refractivity contribution is 6.01. The molecule has 0 atom stereocenters. The van der Waals surface area contributed by atoms with Crippen molar-refractivity contribution in [3.8, 4) is 11.5 Å². The largest absolute Gasteiger partial charge is 0.457 e. The van der Waals surface area contributed by atoms with Crippen LogP contribution < -0.4 is 10.1 Å². The molecule has 140 valence electrons. The number of aryl methyl sites for hydroxylation is 1. The van der Waals surface area contributed by atoms with Gasteiger partial charge in [0.25, 0.3) is 5.69 Å². The average Bonchev–Trinajstić information content (AvgIpc) is 2.70. The van der Waals surface area contributed by atoms with Crippen molar-refractivity contribution in [3.63, 3.8) is 0 Å². The predicted molar refractivity (Wildman–Crippen MR) is 108 cm³/mol. The number of hydrogen-bond donors (Lipinski definition) is 1. The van der Waals surface area contributed by atoms with Crippen LogP contribution in [-0.2, 0) is 4.79 Å². The number of nitro benzene ring substituents is 1. The van der Waals surface area contributed by atoms with Crippen molar-refractivity contribution in [1.29, 1.82) is 0 Å². The highest BCUT2D eigenvalue weighted by Crippen LogP contribution is 2.23. The SMILES string of the molecule is Cc1ccc(Oc2ccc(NC(=O)/C=C/c3ccc([N+](=O)[O-])cc3)cc2)cc1. The van der Waals surface area contributed by atoms with E-state index in [1.165, 1.54) is 18.2 Å². The van der Waals surface area contributed by atoms with Gasteiger partial charge in [0.05, 0.1) is 4.92 Å². The molecule has 0 saturated heterocycles. The second kappa shape index (κ2) is 8.64. The van der Waals surface area contributed by atoms with E-state index in [1.54, 1.807) is 42.5 Å². The zero-order valence-corrected chi connectivity index (χ0v) is 15.2. The fraction of sp³-hybridized carbons (Fsp3) is 0.0455. The van der Waals surface area contributed by atoms with Crippen LogP contribution in [0, 0.1) is 17.0 Å².